The number of rotatable bonds is 4. The van der Waals surface area contributed by atoms with E-state index in [0.717, 1.165) is 0 Å². The van der Waals surface area contributed by atoms with Gasteiger partial charge in [-0.2, -0.15) is 5.10 Å². The summed E-state index contributed by atoms with van der Waals surface area (Å²) >= 11 is 0. The maximum absolute atomic E-state index is 11.3. The van der Waals surface area contributed by atoms with Crippen molar-refractivity contribution in [3.8, 4) is 0 Å². The first-order valence-electron chi connectivity index (χ1n) is 5.88. The Morgan fingerprint density at radius 2 is 2.26 bits per heavy atom. The van der Waals surface area contributed by atoms with Crippen molar-refractivity contribution >= 4 is 22.7 Å². The summed E-state index contributed by atoms with van der Waals surface area (Å²) in [6.45, 7) is 3.47. The van der Waals surface area contributed by atoms with Crippen molar-refractivity contribution in [1.29, 1.82) is 0 Å². The zero-order valence-corrected chi connectivity index (χ0v) is 11.0. The Morgan fingerprint density at radius 3 is 2.84 bits per heavy atom. The minimum absolute atomic E-state index is 0.0731. The van der Waals surface area contributed by atoms with E-state index in [2.05, 4.69) is 15.4 Å². The van der Waals surface area contributed by atoms with Gasteiger partial charge in [-0.1, -0.05) is 0 Å². The summed E-state index contributed by atoms with van der Waals surface area (Å²) in [4.78, 5) is 15.4. The van der Waals surface area contributed by atoms with Crippen LogP contribution in [-0.2, 0) is 7.05 Å². The van der Waals surface area contributed by atoms with Gasteiger partial charge in [-0.3, -0.25) is 4.68 Å². The number of hydrogen-bond acceptors (Lipinski definition) is 5. The summed E-state index contributed by atoms with van der Waals surface area (Å²) in [7, 11) is 1.75. The second-order valence-corrected chi connectivity index (χ2v) is 4.49. The van der Waals surface area contributed by atoms with E-state index in [-0.39, 0.29) is 18.2 Å². The molecule has 19 heavy (non-hydrogen) atoms. The minimum atomic E-state index is -1.06. The van der Waals surface area contributed by atoms with Gasteiger partial charge in [-0.25, -0.2) is 9.78 Å². The normalized spacial score (nSPS) is 12.6. The van der Waals surface area contributed by atoms with Gasteiger partial charge in [0.1, 0.15) is 5.56 Å². The molecule has 0 spiro atoms. The van der Waals surface area contributed by atoms with E-state index in [0.29, 0.717) is 22.4 Å². The van der Waals surface area contributed by atoms with Crippen molar-refractivity contribution < 1.29 is 15.0 Å². The third kappa shape index (κ3) is 2.24. The van der Waals surface area contributed by atoms with E-state index in [9.17, 15) is 9.90 Å². The molecule has 7 heteroatoms. The molecule has 3 N–H and O–H groups in total. The van der Waals surface area contributed by atoms with Crippen LogP contribution in [0.15, 0.2) is 6.20 Å². The molecule has 2 heterocycles. The molecule has 0 radical (unpaired) electrons. The van der Waals surface area contributed by atoms with Crippen LogP contribution in [0.5, 0.6) is 0 Å². The van der Waals surface area contributed by atoms with Crippen molar-refractivity contribution in [1.82, 2.24) is 14.8 Å². The Balaban J connectivity index is 2.72. The largest absolute Gasteiger partial charge is 0.478 e. The first-order valence-corrected chi connectivity index (χ1v) is 5.88. The monoisotopic (exact) mass is 264 g/mol. The Kier molecular flexibility index (Phi) is 3.39. The highest BCUT2D eigenvalue weighted by molar-refractivity contribution is 6.04. The Hall–Kier alpha value is -2.15. The van der Waals surface area contributed by atoms with E-state index < -0.39 is 5.97 Å². The van der Waals surface area contributed by atoms with Gasteiger partial charge in [0.2, 0.25) is 0 Å². The molecule has 0 saturated heterocycles. The molecule has 0 aliphatic rings. The number of fused-ring (bicyclic) bond motifs is 1. The predicted octanol–water partition coefficient (Wildman–Crippen LogP) is 0.768. The van der Waals surface area contributed by atoms with Crippen LogP contribution < -0.4 is 5.32 Å². The lowest BCUT2D eigenvalue weighted by Crippen LogP contribution is -2.21. The molecule has 0 aliphatic carbocycles. The standard InChI is InChI=1S/C12H16N4O3/c1-6(5-17)14-10-8(12(18)19)4-13-11-9(10)7(2)15-16(11)3/h4,6,17H,5H2,1-3H3,(H,13,14)(H,18,19). The van der Waals surface area contributed by atoms with Crippen LogP contribution in [0.25, 0.3) is 11.0 Å². The molecule has 0 amide bonds. The van der Waals surface area contributed by atoms with E-state index in [1.807, 2.05) is 0 Å². The molecule has 2 aromatic heterocycles. The Bertz CT molecular complexity index is 635. The number of aromatic nitrogens is 3. The Morgan fingerprint density at radius 1 is 1.58 bits per heavy atom. The number of hydrogen-bond donors (Lipinski definition) is 3. The molecule has 1 unspecified atom stereocenters. The fourth-order valence-electron chi connectivity index (χ4n) is 2.02. The zero-order chi connectivity index (χ0) is 14.2. The van der Waals surface area contributed by atoms with Crippen molar-refractivity contribution in [2.45, 2.75) is 19.9 Å². The van der Waals surface area contributed by atoms with Crippen LogP contribution in [0.1, 0.15) is 23.0 Å². The molecule has 0 aromatic carbocycles. The summed E-state index contributed by atoms with van der Waals surface area (Å²) in [5.74, 6) is -1.06. The number of aryl methyl sites for hydroxylation is 2. The number of aromatic carboxylic acids is 1. The van der Waals surface area contributed by atoms with Crippen molar-refractivity contribution in [3.63, 3.8) is 0 Å². The molecule has 7 nitrogen and oxygen atoms in total. The number of nitrogens with zero attached hydrogens (tertiary/aromatic N) is 3. The molecule has 1 atom stereocenters. The first kappa shape index (κ1) is 13.3. The average molecular weight is 264 g/mol. The second kappa shape index (κ2) is 4.85. The van der Waals surface area contributed by atoms with Gasteiger partial charge < -0.3 is 15.5 Å². The van der Waals surface area contributed by atoms with Gasteiger partial charge in [0.15, 0.2) is 5.65 Å². The molecular formula is C12H16N4O3. The minimum Gasteiger partial charge on any atom is -0.478 e. The van der Waals surface area contributed by atoms with Crippen LogP contribution in [0.2, 0.25) is 0 Å². The van der Waals surface area contributed by atoms with Crippen molar-refractivity contribution in [3.05, 3.63) is 17.5 Å². The highest BCUT2D eigenvalue weighted by Crippen LogP contribution is 2.29. The third-order valence-corrected chi connectivity index (χ3v) is 2.92. The fourth-order valence-corrected chi connectivity index (χ4v) is 2.02. The molecule has 0 aliphatic heterocycles. The topological polar surface area (TPSA) is 100 Å². The van der Waals surface area contributed by atoms with E-state index in [4.69, 9.17) is 5.11 Å². The SMILES string of the molecule is Cc1nn(C)c2ncc(C(=O)O)c(NC(C)CO)c12. The lowest BCUT2D eigenvalue weighted by molar-refractivity contribution is 0.0697. The van der Waals surface area contributed by atoms with Crippen LogP contribution >= 0.6 is 0 Å². The number of pyridine rings is 1. The van der Waals surface area contributed by atoms with E-state index in [1.165, 1.54) is 6.20 Å². The summed E-state index contributed by atoms with van der Waals surface area (Å²) < 4.78 is 1.60. The number of nitrogens with one attached hydrogen (secondary N) is 1. The fraction of sp³-hybridized carbons (Fsp3) is 0.417. The third-order valence-electron chi connectivity index (χ3n) is 2.92. The van der Waals surface area contributed by atoms with Gasteiger partial charge in [0.25, 0.3) is 0 Å². The van der Waals surface area contributed by atoms with Gasteiger partial charge >= 0.3 is 5.97 Å². The molecule has 0 fully saturated rings. The molecule has 0 saturated carbocycles. The zero-order valence-electron chi connectivity index (χ0n) is 11.0. The first-order chi connectivity index (χ1) is 8.95. The number of aliphatic hydroxyl groups excluding tert-OH is 1. The van der Waals surface area contributed by atoms with E-state index in [1.54, 1.807) is 25.6 Å². The smallest absolute Gasteiger partial charge is 0.339 e. The van der Waals surface area contributed by atoms with Crippen LogP contribution in [0, 0.1) is 6.92 Å². The lowest BCUT2D eigenvalue weighted by Gasteiger charge is -2.15. The molecule has 102 valence electrons. The second-order valence-electron chi connectivity index (χ2n) is 4.49. The van der Waals surface area contributed by atoms with Gasteiger partial charge in [-0.05, 0) is 13.8 Å². The highest BCUT2D eigenvalue weighted by atomic mass is 16.4. The van der Waals surface area contributed by atoms with Crippen LogP contribution in [0.3, 0.4) is 0 Å². The summed E-state index contributed by atoms with van der Waals surface area (Å²) in [5.41, 5.74) is 1.82. The number of carbonyl (C=O) groups is 1. The summed E-state index contributed by atoms with van der Waals surface area (Å²) in [6.07, 6.45) is 1.30. The number of anilines is 1. The molecular weight excluding hydrogens is 248 g/mol. The number of carboxylic acids is 1. The van der Waals surface area contributed by atoms with Crippen molar-refractivity contribution in [2.75, 3.05) is 11.9 Å². The average Bonchev–Trinajstić information content (AvgIpc) is 2.65. The predicted molar refractivity (Wildman–Crippen MR) is 70.4 cm³/mol. The van der Waals surface area contributed by atoms with Crippen molar-refractivity contribution in [2.24, 2.45) is 7.05 Å². The molecule has 2 aromatic rings. The summed E-state index contributed by atoms with van der Waals surface area (Å²) in [6, 6.07) is -0.261. The molecule has 2 rings (SSSR count). The van der Waals surface area contributed by atoms with Gasteiger partial charge in [0, 0.05) is 19.3 Å². The quantitative estimate of drug-likeness (QED) is 0.754. The summed E-state index contributed by atoms with van der Waals surface area (Å²) in [5, 5.41) is 26.3. The van der Waals surface area contributed by atoms with Gasteiger partial charge in [-0.15, -0.1) is 0 Å². The van der Waals surface area contributed by atoms with E-state index >= 15 is 0 Å². The van der Waals surface area contributed by atoms with Crippen LogP contribution in [-0.4, -0.2) is 43.6 Å². The maximum atomic E-state index is 11.3. The lowest BCUT2D eigenvalue weighted by atomic mass is 10.1. The van der Waals surface area contributed by atoms with Crippen LogP contribution in [0.4, 0.5) is 5.69 Å². The number of carboxylic acid groups (broad SMARTS) is 1. The Labute approximate surface area is 109 Å². The number of aliphatic hydroxyl groups is 1. The highest BCUT2D eigenvalue weighted by Gasteiger charge is 2.20. The van der Waals surface area contributed by atoms with Gasteiger partial charge in [0.05, 0.1) is 23.4 Å². The molecule has 0 bridgehead atoms. The maximum Gasteiger partial charge on any atom is 0.339 e.